The first-order chi connectivity index (χ1) is 7.78. The van der Waals surface area contributed by atoms with Crippen LogP contribution in [0.5, 0.6) is 0 Å². The first-order valence-corrected chi connectivity index (χ1v) is 6.28. The van der Waals surface area contributed by atoms with Crippen LogP contribution in [0.3, 0.4) is 0 Å². The Labute approximate surface area is 97.4 Å². The van der Waals surface area contributed by atoms with Crippen LogP contribution in [0.1, 0.15) is 26.2 Å². The number of hydrogen-bond acceptors (Lipinski definition) is 3. The molecule has 1 saturated heterocycles. The number of rotatable bonds is 5. The van der Waals surface area contributed by atoms with Gasteiger partial charge in [0.15, 0.2) is 0 Å². The molecule has 16 heavy (non-hydrogen) atoms. The molecule has 1 fully saturated rings. The highest BCUT2D eigenvalue weighted by Gasteiger charge is 2.20. The lowest BCUT2D eigenvalue weighted by atomic mass is 10.0. The van der Waals surface area contributed by atoms with Gasteiger partial charge in [0.25, 0.3) is 0 Å². The molecule has 1 atom stereocenters. The quantitative estimate of drug-likeness (QED) is 0.823. The molecule has 0 aromatic carbocycles. The standard InChI is InChI=1S/C12H22N4/c1-2-3-11-4-5-15(9-11)6-7-16-10-12(13)8-14-16/h8,10-11H,2-7,9,13H2,1H3. The SMILES string of the molecule is CCCC1CCN(CCn2cc(N)cn2)C1. The fourth-order valence-corrected chi connectivity index (χ4v) is 2.51. The van der Waals surface area contributed by atoms with Crippen LogP contribution in [0.25, 0.3) is 0 Å². The lowest BCUT2D eigenvalue weighted by Crippen LogP contribution is -2.25. The van der Waals surface area contributed by atoms with E-state index in [4.69, 9.17) is 5.73 Å². The lowest BCUT2D eigenvalue weighted by Gasteiger charge is -2.15. The van der Waals surface area contributed by atoms with E-state index in [9.17, 15) is 0 Å². The molecule has 0 amide bonds. The first-order valence-electron chi connectivity index (χ1n) is 6.28. The molecule has 2 N–H and O–H groups in total. The number of nitrogens with two attached hydrogens (primary N) is 1. The van der Waals surface area contributed by atoms with Gasteiger partial charge >= 0.3 is 0 Å². The van der Waals surface area contributed by atoms with Gasteiger partial charge in [0.1, 0.15) is 0 Å². The molecule has 0 bridgehead atoms. The van der Waals surface area contributed by atoms with E-state index in [0.717, 1.165) is 24.7 Å². The van der Waals surface area contributed by atoms with Crippen molar-refractivity contribution in [2.75, 3.05) is 25.4 Å². The summed E-state index contributed by atoms with van der Waals surface area (Å²) in [5.41, 5.74) is 6.38. The zero-order valence-electron chi connectivity index (χ0n) is 10.1. The maximum atomic E-state index is 5.63. The number of anilines is 1. The minimum atomic E-state index is 0.755. The van der Waals surface area contributed by atoms with Gasteiger partial charge in [0.2, 0.25) is 0 Å². The highest BCUT2D eigenvalue weighted by atomic mass is 15.3. The van der Waals surface area contributed by atoms with Crippen LogP contribution < -0.4 is 5.73 Å². The van der Waals surface area contributed by atoms with E-state index in [1.165, 1.54) is 32.4 Å². The molecule has 2 rings (SSSR count). The molecule has 4 nitrogen and oxygen atoms in total. The van der Waals surface area contributed by atoms with Gasteiger partial charge in [-0.25, -0.2) is 0 Å². The summed E-state index contributed by atoms with van der Waals surface area (Å²) in [6.45, 7) is 6.85. The highest BCUT2D eigenvalue weighted by Crippen LogP contribution is 2.20. The second kappa shape index (κ2) is 5.34. The fraction of sp³-hybridized carbons (Fsp3) is 0.750. The first kappa shape index (κ1) is 11.5. The molecule has 1 unspecified atom stereocenters. The van der Waals surface area contributed by atoms with E-state index in [1.807, 2.05) is 10.9 Å². The van der Waals surface area contributed by atoms with Gasteiger partial charge in [-0.15, -0.1) is 0 Å². The third-order valence-corrected chi connectivity index (χ3v) is 3.37. The predicted octanol–water partition coefficient (Wildman–Crippen LogP) is 1.59. The summed E-state index contributed by atoms with van der Waals surface area (Å²) in [5.74, 6) is 0.924. The van der Waals surface area contributed by atoms with Crippen LogP contribution in [0, 0.1) is 5.92 Å². The molecule has 0 saturated carbocycles. The number of aromatic nitrogens is 2. The summed E-state index contributed by atoms with van der Waals surface area (Å²) in [6.07, 6.45) is 7.68. The van der Waals surface area contributed by atoms with Crippen molar-refractivity contribution in [1.29, 1.82) is 0 Å². The zero-order valence-corrected chi connectivity index (χ0v) is 10.1. The second-order valence-electron chi connectivity index (χ2n) is 4.78. The number of nitrogens with zero attached hydrogens (tertiary/aromatic N) is 3. The average molecular weight is 222 g/mol. The minimum Gasteiger partial charge on any atom is -0.396 e. The minimum absolute atomic E-state index is 0.755. The van der Waals surface area contributed by atoms with E-state index in [2.05, 4.69) is 16.9 Å². The number of likely N-dealkylation sites (tertiary alicyclic amines) is 1. The molecule has 0 spiro atoms. The van der Waals surface area contributed by atoms with E-state index in [0.29, 0.717) is 0 Å². The lowest BCUT2D eigenvalue weighted by molar-refractivity contribution is 0.300. The fourth-order valence-electron chi connectivity index (χ4n) is 2.51. The monoisotopic (exact) mass is 222 g/mol. The molecule has 1 aliphatic heterocycles. The van der Waals surface area contributed by atoms with Crippen molar-refractivity contribution < 1.29 is 0 Å². The van der Waals surface area contributed by atoms with Gasteiger partial charge in [-0.3, -0.25) is 4.68 Å². The van der Waals surface area contributed by atoms with Crippen molar-refractivity contribution in [2.24, 2.45) is 5.92 Å². The highest BCUT2D eigenvalue weighted by molar-refractivity contribution is 5.30. The Morgan fingerprint density at radius 3 is 3.06 bits per heavy atom. The smallest absolute Gasteiger partial charge is 0.0719 e. The molecule has 2 heterocycles. The molecule has 1 aromatic rings. The van der Waals surface area contributed by atoms with Crippen LogP contribution in [0.4, 0.5) is 5.69 Å². The van der Waals surface area contributed by atoms with Gasteiger partial charge in [-0.1, -0.05) is 13.3 Å². The number of hydrogen-bond donors (Lipinski definition) is 1. The molecule has 0 radical (unpaired) electrons. The van der Waals surface area contributed by atoms with Crippen LogP contribution in [0.15, 0.2) is 12.4 Å². The van der Waals surface area contributed by atoms with Crippen molar-refractivity contribution in [1.82, 2.24) is 14.7 Å². The van der Waals surface area contributed by atoms with Crippen LogP contribution in [-0.2, 0) is 6.54 Å². The van der Waals surface area contributed by atoms with Crippen molar-refractivity contribution >= 4 is 5.69 Å². The molecule has 1 aliphatic rings. The molecule has 0 aliphatic carbocycles. The van der Waals surface area contributed by atoms with E-state index in [-0.39, 0.29) is 0 Å². The van der Waals surface area contributed by atoms with Gasteiger partial charge in [-0.2, -0.15) is 5.10 Å². The van der Waals surface area contributed by atoms with Crippen molar-refractivity contribution in [2.45, 2.75) is 32.7 Å². The largest absolute Gasteiger partial charge is 0.396 e. The van der Waals surface area contributed by atoms with Crippen molar-refractivity contribution in [3.8, 4) is 0 Å². The van der Waals surface area contributed by atoms with E-state index >= 15 is 0 Å². The van der Waals surface area contributed by atoms with Gasteiger partial charge in [0.05, 0.1) is 18.4 Å². The Kier molecular flexibility index (Phi) is 3.83. The van der Waals surface area contributed by atoms with Crippen LogP contribution in [0.2, 0.25) is 0 Å². The summed E-state index contributed by atoms with van der Waals surface area (Å²) < 4.78 is 1.93. The van der Waals surface area contributed by atoms with Crippen LogP contribution >= 0.6 is 0 Å². The van der Waals surface area contributed by atoms with E-state index in [1.54, 1.807) is 6.20 Å². The molecular formula is C12H22N4. The Balaban J connectivity index is 1.71. The van der Waals surface area contributed by atoms with Gasteiger partial charge in [0, 0.05) is 19.3 Å². The maximum Gasteiger partial charge on any atom is 0.0719 e. The third kappa shape index (κ3) is 2.98. The average Bonchev–Trinajstić information content (AvgIpc) is 2.85. The van der Waals surface area contributed by atoms with E-state index < -0.39 is 0 Å². The summed E-state index contributed by atoms with van der Waals surface area (Å²) in [5, 5.41) is 4.20. The molecule has 1 aromatic heterocycles. The van der Waals surface area contributed by atoms with Crippen molar-refractivity contribution in [3.05, 3.63) is 12.4 Å². The number of nitrogen functional groups attached to an aromatic ring is 1. The van der Waals surface area contributed by atoms with Gasteiger partial charge in [-0.05, 0) is 25.3 Å². The third-order valence-electron chi connectivity index (χ3n) is 3.37. The zero-order chi connectivity index (χ0) is 11.4. The van der Waals surface area contributed by atoms with Crippen LogP contribution in [-0.4, -0.2) is 34.3 Å². The summed E-state index contributed by atoms with van der Waals surface area (Å²) in [7, 11) is 0. The Morgan fingerprint density at radius 1 is 1.50 bits per heavy atom. The molecular weight excluding hydrogens is 200 g/mol. The summed E-state index contributed by atoms with van der Waals surface area (Å²) in [6, 6.07) is 0. The topological polar surface area (TPSA) is 47.1 Å². The normalized spacial score (nSPS) is 21.7. The molecule has 4 heteroatoms. The Bertz CT molecular complexity index is 321. The Morgan fingerprint density at radius 2 is 2.38 bits per heavy atom. The van der Waals surface area contributed by atoms with Crippen molar-refractivity contribution in [3.63, 3.8) is 0 Å². The van der Waals surface area contributed by atoms with Gasteiger partial charge < -0.3 is 10.6 Å². The second-order valence-corrected chi connectivity index (χ2v) is 4.78. The summed E-state index contributed by atoms with van der Waals surface area (Å²) in [4.78, 5) is 2.54. The Hall–Kier alpha value is -1.03. The molecule has 90 valence electrons. The predicted molar refractivity (Wildman–Crippen MR) is 66.1 cm³/mol. The summed E-state index contributed by atoms with van der Waals surface area (Å²) >= 11 is 0. The maximum absolute atomic E-state index is 5.63.